The molecule has 118 valence electrons. The quantitative estimate of drug-likeness (QED) is 0.764. The maximum atomic E-state index is 12.1. The Morgan fingerprint density at radius 1 is 1.48 bits per heavy atom. The molecule has 1 atom stereocenters. The third kappa shape index (κ3) is 5.91. The van der Waals surface area contributed by atoms with E-state index in [2.05, 4.69) is 5.32 Å². The van der Waals surface area contributed by atoms with E-state index < -0.39 is 15.9 Å². The van der Waals surface area contributed by atoms with Gasteiger partial charge in [0.15, 0.2) is 0 Å². The van der Waals surface area contributed by atoms with Crippen molar-refractivity contribution in [1.29, 1.82) is 0 Å². The highest BCUT2D eigenvalue weighted by Crippen LogP contribution is 2.22. The van der Waals surface area contributed by atoms with Crippen LogP contribution in [0.4, 0.5) is 11.4 Å². The van der Waals surface area contributed by atoms with Gasteiger partial charge < -0.3 is 11.1 Å². The molecule has 3 N–H and O–H groups in total. The molecule has 0 spiro atoms. The number of rotatable bonds is 6. The van der Waals surface area contributed by atoms with Crippen LogP contribution >= 0.6 is 11.6 Å². The number of nitrogens with one attached hydrogen (secondary N) is 1. The first-order valence-electron chi connectivity index (χ1n) is 6.34. The van der Waals surface area contributed by atoms with E-state index in [1.165, 1.54) is 6.26 Å². The molecular weight excluding hydrogens is 314 g/mol. The minimum absolute atomic E-state index is 0.00894. The average Bonchev–Trinajstić information content (AvgIpc) is 2.38. The number of anilines is 2. The first-order chi connectivity index (χ1) is 9.60. The van der Waals surface area contributed by atoms with Crippen LogP contribution in [0.1, 0.15) is 6.92 Å². The van der Waals surface area contributed by atoms with Crippen LogP contribution in [0.2, 0.25) is 5.02 Å². The van der Waals surface area contributed by atoms with Crippen molar-refractivity contribution >= 4 is 38.7 Å². The average molecular weight is 334 g/mol. The third-order valence-electron chi connectivity index (χ3n) is 3.12. The molecule has 1 unspecified atom stereocenters. The van der Waals surface area contributed by atoms with Crippen LogP contribution in [0.5, 0.6) is 0 Å². The number of hydrogen-bond acceptors (Lipinski definition) is 5. The molecule has 21 heavy (non-hydrogen) atoms. The minimum atomic E-state index is -3.05. The molecule has 0 radical (unpaired) electrons. The Morgan fingerprint density at radius 3 is 2.62 bits per heavy atom. The molecule has 0 saturated heterocycles. The van der Waals surface area contributed by atoms with Gasteiger partial charge in [-0.1, -0.05) is 11.6 Å². The zero-order valence-electron chi connectivity index (χ0n) is 12.3. The number of carbonyl (C=O) groups excluding carboxylic acids is 1. The van der Waals surface area contributed by atoms with Crippen molar-refractivity contribution in [3.63, 3.8) is 0 Å². The molecule has 0 aliphatic carbocycles. The number of halogens is 1. The molecule has 0 aliphatic heterocycles. The summed E-state index contributed by atoms with van der Waals surface area (Å²) in [4.78, 5) is 13.8. The van der Waals surface area contributed by atoms with Crippen molar-refractivity contribution in [1.82, 2.24) is 4.90 Å². The standard InChI is InChI=1S/C13H20ClN3O3S/c1-9(17(2)6-7-21(3,19)20)13(18)16-10-4-5-11(14)12(15)8-10/h4-5,8-9H,6-7,15H2,1-3H3,(H,16,18). The van der Waals surface area contributed by atoms with Gasteiger partial charge in [-0.2, -0.15) is 0 Å². The lowest BCUT2D eigenvalue weighted by molar-refractivity contribution is -0.120. The van der Waals surface area contributed by atoms with E-state index in [-0.39, 0.29) is 18.2 Å². The Kier molecular flexibility index (Phi) is 6.00. The van der Waals surface area contributed by atoms with Gasteiger partial charge in [-0.25, -0.2) is 8.42 Å². The van der Waals surface area contributed by atoms with Crippen molar-refractivity contribution in [2.24, 2.45) is 0 Å². The summed E-state index contributed by atoms with van der Waals surface area (Å²) in [6.45, 7) is 1.99. The van der Waals surface area contributed by atoms with E-state index in [0.29, 0.717) is 16.4 Å². The van der Waals surface area contributed by atoms with Crippen molar-refractivity contribution in [3.05, 3.63) is 23.2 Å². The number of nitrogens with two attached hydrogens (primary N) is 1. The largest absolute Gasteiger partial charge is 0.397 e. The van der Waals surface area contributed by atoms with E-state index >= 15 is 0 Å². The number of amides is 1. The molecule has 6 nitrogen and oxygen atoms in total. The lowest BCUT2D eigenvalue weighted by Gasteiger charge is -2.23. The Balaban J connectivity index is 2.63. The van der Waals surface area contributed by atoms with Gasteiger partial charge >= 0.3 is 0 Å². The Bertz CT molecular complexity index is 619. The van der Waals surface area contributed by atoms with Gasteiger partial charge in [-0.05, 0) is 32.2 Å². The first kappa shape index (κ1) is 17.7. The van der Waals surface area contributed by atoms with E-state index in [9.17, 15) is 13.2 Å². The fourth-order valence-electron chi connectivity index (χ4n) is 1.57. The summed E-state index contributed by atoms with van der Waals surface area (Å²) in [6.07, 6.45) is 1.17. The van der Waals surface area contributed by atoms with Crippen molar-refractivity contribution in [3.8, 4) is 0 Å². The SMILES string of the molecule is CC(C(=O)Nc1ccc(Cl)c(N)c1)N(C)CCS(C)(=O)=O. The summed E-state index contributed by atoms with van der Waals surface area (Å²) in [7, 11) is -1.35. The highest BCUT2D eigenvalue weighted by Gasteiger charge is 2.19. The van der Waals surface area contributed by atoms with Crippen LogP contribution in [-0.2, 0) is 14.6 Å². The van der Waals surface area contributed by atoms with Gasteiger partial charge in [0.2, 0.25) is 5.91 Å². The Hall–Kier alpha value is -1.31. The maximum absolute atomic E-state index is 12.1. The minimum Gasteiger partial charge on any atom is -0.397 e. The second-order valence-electron chi connectivity index (χ2n) is 5.01. The Labute approximate surface area is 130 Å². The molecule has 1 amide bonds. The fourth-order valence-corrected chi connectivity index (χ4v) is 2.31. The molecule has 0 heterocycles. The summed E-state index contributed by atoms with van der Waals surface area (Å²) >= 11 is 5.81. The fraction of sp³-hybridized carbons (Fsp3) is 0.462. The van der Waals surface area contributed by atoms with Crippen LogP contribution in [0, 0.1) is 0 Å². The van der Waals surface area contributed by atoms with Crippen LogP contribution in [-0.4, -0.2) is 50.9 Å². The number of carbonyl (C=O) groups is 1. The van der Waals surface area contributed by atoms with Crippen LogP contribution in [0.15, 0.2) is 18.2 Å². The smallest absolute Gasteiger partial charge is 0.241 e. The summed E-state index contributed by atoms with van der Waals surface area (Å²) in [6, 6.07) is 4.36. The molecular formula is C13H20ClN3O3S. The van der Waals surface area contributed by atoms with Crippen molar-refractivity contribution in [2.45, 2.75) is 13.0 Å². The molecule has 1 aromatic rings. The molecule has 0 saturated carbocycles. The predicted molar refractivity (Wildman–Crippen MR) is 86.3 cm³/mol. The molecule has 1 aromatic carbocycles. The second kappa shape index (κ2) is 7.11. The Morgan fingerprint density at radius 2 is 2.10 bits per heavy atom. The number of nitrogen functional groups attached to an aromatic ring is 1. The predicted octanol–water partition coefficient (Wildman–Crippen LogP) is 1.23. The van der Waals surface area contributed by atoms with Crippen molar-refractivity contribution in [2.75, 3.05) is 36.7 Å². The topological polar surface area (TPSA) is 92.5 Å². The summed E-state index contributed by atoms with van der Waals surface area (Å²) < 4.78 is 22.3. The molecule has 0 bridgehead atoms. The number of benzene rings is 1. The number of nitrogens with zero attached hydrogens (tertiary/aromatic N) is 1. The van der Waals surface area contributed by atoms with Crippen molar-refractivity contribution < 1.29 is 13.2 Å². The molecule has 8 heteroatoms. The zero-order chi connectivity index (χ0) is 16.2. The van der Waals surface area contributed by atoms with Gasteiger partial charge in [0, 0.05) is 18.5 Å². The van der Waals surface area contributed by atoms with Gasteiger partial charge in [-0.15, -0.1) is 0 Å². The number of likely N-dealkylation sites (N-methyl/N-ethyl adjacent to an activating group) is 1. The first-order valence-corrected chi connectivity index (χ1v) is 8.78. The van der Waals surface area contributed by atoms with Crippen LogP contribution in [0.3, 0.4) is 0 Å². The third-order valence-corrected chi connectivity index (χ3v) is 4.39. The van der Waals surface area contributed by atoms with E-state index in [4.69, 9.17) is 17.3 Å². The van der Waals surface area contributed by atoms with E-state index in [1.807, 2.05) is 0 Å². The summed E-state index contributed by atoms with van der Waals surface area (Å²) in [5.41, 5.74) is 6.60. The highest BCUT2D eigenvalue weighted by atomic mass is 35.5. The van der Waals surface area contributed by atoms with Gasteiger partial charge in [-0.3, -0.25) is 9.69 Å². The molecule has 0 aliphatic rings. The highest BCUT2D eigenvalue weighted by molar-refractivity contribution is 7.90. The normalized spacial score (nSPS) is 13.2. The van der Waals surface area contributed by atoms with E-state index in [0.717, 1.165) is 0 Å². The lowest BCUT2D eigenvalue weighted by atomic mass is 10.2. The summed E-state index contributed by atoms with van der Waals surface area (Å²) in [5, 5.41) is 3.14. The van der Waals surface area contributed by atoms with Gasteiger partial charge in [0.1, 0.15) is 9.84 Å². The molecule has 1 rings (SSSR count). The second-order valence-corrected chi connectivity index (χ2v) is 7.68. The van der Waals surface area contributed by atoms with Crippen LogP contribution in [0.25, 0.3) is 0 Å². The lowest BCUT2D eigenvalue weighted by Crippen LogP contribution is -2.41. The van der Waals surface area contributed by atoms with Crippen LogP contribution < -0.4 is 11.1 Å². The van der Waals surface area contributed by atoms with Gasteiger partial charge in [0.25, 0.3) is 0 Å². The van der Waals surface area contributed by atoms with E-state index in [1.54, 1.807) is 37.1 Å². The molecule has 0 aromatic heterocycles. The monoisotopic (exact) mass is 333 g/mol. The number of hydrogen-bond donors (Lipinski definition) is 2. The number of sulfone groups is 1. The molecule has 0 fully saturated rings. The maximum Gasteiger partial charge on any atom is 0.241 e. The summed E-state index contributed by atoms with van der Waals surface area (Å²) in [5.74, 6) is -0.234. The van der Waals surface area contributed by atoms with Gasteiger partial charge in [0.05, 0.1) is 22.5 Å². The zero-order valence-corrected chi connectivity index (χ0v) is 13.8.